The third-order valence-corrected chi connectivity index (χ3v) is 3.85. The first-order valence-corrected chi connectivity index (χ1v) is 7.29. The molecule has 0 saturated carbocycles. The summed E-state index contributed by atoms with van der Waals surface area (Å²) < 4.78 is 1.34. The largest absolute Gasteiger partial charge is 0.322 e. The van der Waals surface area contributed by atoms with Crippen molar-refractivity contribution < 1.29 is 4.79 Å². The second-order valence-electron chi connectivity index (χ2n) is 4.52. The van der Waals surface area contributed by atoms with Crippen LogP contribution >= 0.6 is 11.3 Å². The van der Waals surface area contributed by atoms with Crippen LogP contribution in [-0.4, -0.2) is 15.3 Å². The molecule has 108 valence electrons. The highest BCUT2D eigenvalue weighted by molar-refractivity contribution is 7.15. The smallest absolute Gasteiger partial charge is 0.271 e. The molecule has 1 aromatic carbocycles. The van der Waals surface area contributed by atoms with Crippen molar-refractivity contribution in [2.75, 3.05) is 5.32 Å². The van der Waals surface area contributed by atoms with Crippen molar-refractivity contribution in [2.45, 2.75) is 6.42 Å². The third kappa shape index (κ3) is 2.60. The summed E-state index contributed by atoms with van der Waals surface area (Å²) in [7, 11) is 0. The molecule has 1 amide bonds. The first-order valence-electron chi connectivity index (χ1n) is 6.41. The van der Waals surface area contributed by atoms with E-state index in [4.69, 9.17) is 5.26 Å². The first-order chi connectivity index (χ1) is 10.7. The van der Waals surface area contributed by atoms with Crippen LogP contribution in [0, 0.1) is 11.3 Å². The number of hydrogen-bond acceptors (Lipinski definition) is 5. The molecule has 0 fully saturated rings. The number of nitrogens with one attached hydrogen (secondary N) is 1. The van der Waals surface area contributed by atoms with Crippen LogP contribution in [0.25, 0.3) is 4.96 Å². The molecule has 0 unspecified atom stereocenters. The fourth-order valence-electron chi connectivity index (χ4n) is 1.98. The standard InChI is InChI=1S/C15H10N4O2S/c16-6-5-10-1-3-11(4-2-10)18-13(20)12-9-17-15-19(14(12)21)7-8-22-15/h1-4,7-9H,5H2,(H,18,20). The zero-order valence-corrected chi connectivity index (χ0v) is 12.1. The van der Waals surface area contributed by atoms with Crippen LogP contribution in [0.5, 0.6) is 0 Å². The lowest BCUT2D eigenvalue weighted by molar-refractivity contribution is 0.102. The number of nitrogens with zero attached hydrogens (tertiary/aromatic N) is 3. The normalized spacial score (nSPS) is 10.3. The Hall–Kier alpha value is -2.98. The van der Waals surface area contributed by atoms with Gasteiger partial charge < -0.3 is 5.32 Å². The van der Waals surface area contributed by atoms with Gasteiger partial charge >= 0.3 is 0 Å². The number of hydrogen-bond donors (Lipinski definition) is 1. The van der Waals surface area contributed by atoms with Gasteiger partial charge in [0.1, 0.15) is 5.56 Å². The summed E-state index contributed by atoms with van der Waals surface area (Å²) >= 11 is 1.33. The van der Waals surface area contributed by atoms with E-state index in [0.29, 0.717) is 17.1 Å². The summed E-state index contributed by atoms with van der Waals surface area (Å²) in [6, 6.07) is 8.95. The lowest BCUT2D eigenvalue weighted by Gasteiger charge is -2.05. The van der Waals surface area contributed by atoms with Gasteiger partial charge in [0.15, 0.2) is 4.96 Å². The van der Waals surface area contributed by atoms with Crippen LogP contribution in [-0.2, 0) is 6.42 Å². The Balaban J connectivity index is 1.85. The molecule has 0 bridgehead atoms. The molecule has 0 saturated heterocycles. The molecule has 1 N–H and O–H groups in total. The maximum Gasteiger partial charge on any atom is 0.271 e. The molecule has 0 spiro atoms. The van der Waals surface area contributed by atoms with Crippen molar-refractivity contribution in [1.29, 1.82) is 5.26 Å². The van der Waals surface area contributed by atoms with Gasteiger partial charge in [0, 0.05) is 23.5 Å². The van der Waals surface area contributed by atoms with Gasteiger partial charge in [-0.2, -0.15) is 5.26 Å². The number of aromatic nitrogens is 2. The highest BCUT2D eigenvalue weighted by Gasteiger charge is 2.13. The van der Waals surface area contributed by atoms with E-state index in [-0.39, 0.29) is 5.56 Å². The summed E-state index contributed by atoms with van der Waals surface area (Å²) in [5.74, 6) is -0.508. The number of amides is 1. The molecule has 3 rings (SSSR count). The van der Waals surface area contributed by atoms with E-state index in [0.717, 1.165) is 5.56 Å². The molecule has 2 aromatic heterocycles. The molecular weight excluding hydrogens is 300 g/mol. The fourth-order valence-corrected chi connectivity index (χ4v) is 2.65. The number of carbonyl (C=O) groups is 1. The number of thiazole rings is 1. The molecule has 6 nitrogen and oxygen atoms in total. The lowest BCUT2D eigenvalue weighted by Crippen LogP contribution is -2.25. The molecule has 2 heterocycles. The predicted molar refractivity (Wildman–Crippen MR) is 83.1 cm³/mol. The maximum atomic E-state index is 12.2. The fraction of sp³-hybridized carbons (Fsp3) is 0.0667. The van der Waals surface area contributed by atoms with Crippen molar-refractivity contribution in [3.63, 3.8) is 0 Å². The summed E-state index contributed by atoms with van der Waals surface area (Å²) in [4.78, 5) is 29.0. The molecule has 22 heavy (non-hydrogen) atoms. The summed E-state index contributed by atoms with van der Waals surface area (Å²) in [6.45, 7) is 0. The van der Waals surface area contributed by atoms with E-state index < -0.39 is 11.5 Å². The van der Waals surface area contributed by atoms with Crippen molar-refractivity contribution in [2.24, 2.45) is 0 Å². The van der Waals surface area contributed by atoms with Crippen LogP contribution in [0.4, 0.5) is 5.69 Å². The number of anilines is 1. The molecule has 0 atom stereocenters. The minimum absolute atomic E-state index is 0.0167. The van der Waals surface area contributed by atoms with Crippen LogP contribution in [0.1, 0.15) is 15.9 Å². The number of fused-ring (bicyclic) bond motifs is 1. The highest BCUT2D eigenvalue weighted by atomic mass is 32.1. The molecule has 3 aromatic rings. The molecule has 7 heteroatoms. The zero-order chi connectivity index (χ0) is 15.5. The van der Waals surface area contributed by atoms with Crippen molar-refractivity contribution >= 4 is 27.9 Å². The summed E-state index contributed by atoms with van der Waals surface area (Å²) in [5, 5.41) is 13.0. The van der Waals surface area contributed by atoms with Crippen LogP contribution in [0.3, 0.4) is 0 Å². The lowest BCUT2D eigenvalue weighted by atomic mass is 10.1. The van der Waals surface area contributed by atoms with Gasteiger partial charge in [-0.25, -0.2) is 4.98 Å². The Morgan fingerprint density at radius 2 is 2.14 bits per heavy atom. The van der Waals surface area contributed by atoms with Crippen molar-refractivity contribution in [3.8, 4) is 6.07 Å². The van der Waals surface area contributed by atoms with Crippen molar-refractivity contribution in [3.05, 3.63) is 63.5 Å². The van der Waals surface area contributed by atoms with E-state index in [2.05, 4.69) is 16.4 Å². The molecule has 0 aliphatic rings. The van der Waals surface area contributed by atoms with Gasteiger partial charge in [-0.15, -0.1) is 11.3 Å². The van der Waals surface area contributed by atoms with Gasteiger partial charge in [-0.3, -0.25) is 14.0 Å². The topological polar surface area (TPSA) is 87.3 Å². The van der Waals surface area contributed by atoms with Crippen LogP contribution < -0.4 is 10.9 Å². The van der Waals surface area contributed by atoms with Gasteiger partial charge in [0.05, 0.1) is 12.5 Å². The van der Waals surface area contributed by atoms with E-state index in [9.17, 15) is 9.59 Å². The monoisotopic (exact) mass is 310 g/mol. The first kappa shape index (κ1) is 14.0. The number of nitriles is 1. The Morgan fingerprint density at radius 3 is 2.86 bits per heavy atom. The number of carbonyl (C=O) groups excluding carboxylic acids is 1. The van der Waals surface area contributed by atoms with Gasteiger partial charge in [-0.1, -0.05) is 12.1 Å². The van der Waals surface area contributed by atoms with E-state index in [1.54, 1.807) is 35.8 Å². The Morgan fingerprint density at radius 1 is 1.36 bits per heavy atom. The second kappa shape index (κ2) is 5.79. The molecular formula is C15H10N4O2S. The minimum atomic E-state index is -0.508. The quantitative estimate of drug-likeness (QED) is 0.802. The van der Waals surface area contributed by atoms with Gasteiger partial charge in [-0.05, 0) is 17.7 Å². The molecule has 0 radical (unpaired) electrons. The number of rotatable bonds is 3. The molecule has 0 aliphatic heterocycles. The van der Waals surface area contributed by atoms with Crippen LogP contribution in [0.15, 0.2) is 46.8 Å². The van der Waals surface area contributed by atoms with E-state index in [1.165, 1.54) is 21.9 Å². The average molecular weight is 310 g/mol. The minimum Gasteiger partial charge on any atom is -0.322 e. The number of benzene rings is 1. The van der Waals surface area contributed by atoms with E-state index >= 15 is 0 Å². The third-order valence-electron chi connectivity index (χ3n) is 3.08. The molecule has 0 aliphatic carbocycles. The Labute approximate surface area is 129 Å². The van der Waals surface area contributed by atoms with Crippen LogP contribution in [0.2, 0.25) is 0 Å². The summed E-state index contributed by atoms with van der Waals surface area (Å²) in [5.41, 5.74) is 1.00. The van der Waals surface area contributed by atoms with Crippen molar-refractivity contribution in [1.82, 2.24) is 9.38 Å². The Bertz CT molecular complexity index is 935. The zero-order valence-electron chi connectivity index (χ0n) is 11.3. The maximum absolute atomic E-state index is 12.2. The SMILES string of the molecule is N#CCc1ccc(NC(=O)c2cnc3sccn3c2=O)cc1. The van der Waals surface area contributed by atoms with Gasteiger partial charge in [0.2, 0.25) is 0 Å². The van der Waals surface area contributed by atoms with E-state index in [1.807, 2.05) is 0 Å². The average Bonchev–Trinajstić information content (AvgIpc) is 2.99. The second-order valence-corrected chi connectivity index (χ2v) is 5.39. The highest BCUT2D eigenvalue weighted by Crippen LogP contribution is 2.11. The van der Waals surface area contributed by atoms with Gasteiger partial charge in [0.25, 0.3) is 11.5 Å². The summed E-state index contributed by atoms with van der Waals surface area (Å²) in [6.07, 6.45) is 3.19. The Kier molecular flexibility index (Phi) is 3.68. The predicted octanol–water partition coefficient (Wildman–Crippen LogP) is 2.07.